The molecule has 0 rings (SSSR count). The molecule has 0 bridgehead atoms. The number of nitrogens with zero attached hydrogens (tertiary/aromatic N) is 1. The van der Waals surface area contributed by atoms with Crippen molar-refractivity contribution in [1.29, 1.82) is 0 Å². The van der Waals surface area contributed by atoms with Crippen LogP contribution in [-0.2, 0) is 14.3 Å². The fourth-order valence-electron chi connectivity index (χ4n) is 0.732. The van der Waals surface area contributed by atoms with Crippen LogP contribution in [0.4, 0.5) is 0 Å². The molecule has 0 saturated carbocycles. The molecule has 0 aromatic carbocycles. The summed E-state index contributed by atoms with van der Waals surface area (Å²) >= 11 is 0. The van der Waals surface area contributed by atoms with Gasteiger partial charge in [-0.1, -0.05) is 13.8 Å². The highest BCUT2D eigenvalue weighted by molar-refractivity contribution is 5.76. The van der Waals surface area contributed by atoms with Crippen LogP contribution in [0.3, 0.4) is 0 Å². The Hall–Kier alpha value is -1.15. The molecule has 0 fully saturated rings. The van der Waals surface area contributed by atoms with Gasteiger partial charge in [-0.15, -0.1) is 0 Å². The second-order valence-electron chi connectivity index (χ2n) is 4.28. The zero-order valence-electron chi connectivity index (χ0n) is 9.16. The average molecular weight is 199 g/mol. The van der Waals surface area contributed by atoms with Crippen LogP contribution in [-0.4, -0.2) is 25.2 Å². The number of rotatable bonds is 5. The van der Waals surface area contributed by atoms with Crippen molar-refractivity contribution in [1.82, 2.24) is 0 Å². The Morgan fingerprint density at radius 2 is 2.07 bits per heavy atom. The largest absolute Gasteiger partial charge is 0.465 e. The van der Waals surface area contributed by atoms with E-state index in [1.807, 2.05) is 13.8 Å². The Bertz CT molecular complexity index is 240. The van der Waals surface area contributed by atoms with Gasteiger partial charge in [0, 0.05) is 0 Å². The molecule has 14 heavy (non-hydrogen) atoms. The molecule has 4 heteroatoms. The van der Waals surface area contributed by atoms with Crippen molar-refractivity contribution < 1.29 is 14.3 Å². The van der Waals surface area contributed by atoms with Gasteiger partial charge in [-0.2, -0.15) is 0 Å². The van der Waals surface area contributed by atoms with E-state index in [0.29, 0.717) is 12.5 Å². The molecule has 0 spiro atoms. The minimum absolute atomic E-state index is 0.118. The molecule has 4 nitrogen and oxygen atoms in total. The number of ether oxygens (including phenoxy) is 1. The maximum atomic E-state index is 11.5. The van der Waals surface area contributed by atoms with E-state index in [-0.39, 0.29) is 12.5 Å². The molecule has 0 aliphatic rings. The smallest absolute Gasteiger partial charge is 0.313 e. The van der Waals surface area contributed by atoms with E-state index < -0.39 is 5.41 Å². The van der Waals surface area contributed by atoms with Crippen molar-refractivity contribution in [2.75, 3.05) is 13.2 Å². The summed E-state index contributed by atoms with van der Waals surface area (Å²) in [6.45, 7) is 7.82. The van der Waals surface area contributed by atoms with Crippen LogP contribution in [0.2, 0.25) is 0 Å². The minimum atomic E-state index is -0.744. The van der Waals surface area contributed by atoms with Crippen molar-refractivity contribution in [2.24, 2.45) is 16.3 Å². The third kappa shape index (κ3) is 4.77. The van der Waals surface area contributed by atoms with Gasteiger partial charge in [0.05, 0.1) is 18.6 Å². The molecule has 0 atom stereocenters. The first-order valence-electron chi connectivity index (χ1n) is 4.61. The molecule has 0 heterocycles. The van der Waals surface area contributed by atoms with Gasteiger partial charge in [-0.25, -0.2) is 9.79 Å². The van der Waals surface area contributed by atoms with E-state index in [0.717, 1.165) is 0 Å². The van der Waals surface area contributed by atoms with E-state index in [1.54, 1.807) is 13.8 Å². The van der Waals surface area contributed by atoms with Crippen LogP contribution < -0.4 is 0 Å². The van der Waals surface area contributed by atoms with Gasteiger partial charge in [-0.05, 0) is 19.8 Å². The van der Waals surface area contributed by atoms with Crippen molar-refractivity contribution in [2.45, 2.75) is 27.7 Å². The van der Waals surface area contributed by atoms with Gasteiger partial charge in [0.15, 0.2) is 0 Å². The van der Waals surface area contributed by atoms with Gasteiger partial charge in [-0.3, -0.25) is 4.79 Å². The van der Waals surface area contributed by atoms with E-state index in [1.165, 1.54) is 6.08 Å². The predicted octanol–water partition coefficient (Wildman–Crippen LogP) is 1.55. The van der Waals surface area contributed by atoms with Crippen molar-refractivity contribution in [3.63, 3.8) is 0 Å². The number of hydrogen-bond donors (Lipinski definition) is 0. The molecule has 0 aliphatic carbocycles. The summed E-state index contributed by atoms with van der Waals surface area (Å²) in [7, 11) is 0. The topological polar surface area (TPSA) is 55.7 Å². The summed E-state index contributed by atoms with van der Waals surface area (Å²) in [5, 5.41) is 0. The minimum Gasteiger partial charge on any atom is -0.465 e. The molecule has 0 saturated heterocycles. The lowest BCUT2D eigenvalue weighted by molar-refractivity contribution is -0.154. The standard InChI is InChI=1S/C10H17NO3/c1-8(2)5-14-9(13)10(3,4)6-11-7-12/h8H,5-6H2,1-4H3. The summed E-state index contributed by atoms with van der Waals surface area (Å²) in [5.74, 6) is -0.0190. The second kappa shape index (κ2) is 5.55. The van der Waals surface area contributed by atoms with Gasteiger partial charge < -0.3 is 4.74 Å². The normalized spacial score (nSPS) is 10.9. The molecule has 0 unspecified atom stereocenters. The lowest BCUT2D eigenvalue weighted by Gasteiger charge is -2.20. The molecular formula is C10H17NO3. The van der Waals surface area contributed by atoms with Crippen LogP contribution in [0.1, 0.15) is 27.7 Å². The zero-order chi connectivity index (χ0) is 11.2. The van der Waals surface area contributed by atoms with Crippen LogP contribution >= 0.6 is 0 Å². The van der Waals surface area contributed by atoms with Gasteiger partial charge in [0.25, 0.3) is 0 Å². The maximum absolute atomic E-state index is 11.5. The first-order valence-corrected chi connectivity index (χ1v) is 4.61. The van der Waals surface area contributed by atoms with E-state index in [2.05, 4.69) is 4.99 Å². The predicted molar refractivity (Wildman–Crippen MR) is 52.6 cm³/mol. The van der Waals surface area contributed by atoms with Gasteiger partial charge in [0.1, 0.15) is 0 Å². The summed E-state index contributed by atoms with van der Waals surface area (Å²) in [5.41, 5.74) is -0.744. The Morgan fingerprint density at radius 3 is 2.50 bits per heavy atom. The number of isocyanates is 1. The van der Waals surface area contributed by atoms with Crippen LogP contribution in [0.5, 0.6) is 0 Å². The Labute approximate surface area is 84.4 Å². The molecule has 80 valence electrons. The molecule has 0 aromatic rings. The highest BCUT2D eigenvalue weighted by atomic mass is 16.5. The first kappa shape index (κ1) is 12.8. The third-order valence-corrected chi connectivity index (χ3v) is 1.64. The van der Waals surface area contributed by atoms with Crippen molar-refractivity contribution in [3.05, 3.63) is 0 Å². The van der Waals surface area contributed by atoms with Crippen molar-refractivity contribution >= 4 is 12.0 Å². The van der Waals surface area contributed by atoms with Crippen molar-refractivity contribution in [3.8, 4) is 0 Å². The summed E-state index contributed by atoms with van der Waals surface area (Å²) < 4.78 is 5.04. The molecule has 0 N–H and O–H groups in total. The fraction of sp³-hybridized carbons (Fsp3) is 0.800. The van der Waals surface area contributed by atoms with Gasteiger partial charge >= 0.3 is 5.97 Å². The molecule has 0 radical (unpaired) electrons. The summed E-state index contributed by atoms with van der Waals surface area (Å²) in [6.07, 6.45) is 1.41. The molecular weight excluding hydrogens is 182 g/mol. The molecule has 0 aromatic heterocycles. The lowest BCUT2D eigenvalue weighted by Crippen LogP contribution is -2.30. The number of carbonyl (C=O) groups is 1. The Morgan fingerprint density at radius 1 is 1.50 bits per heavy atom. The fourth-order valence-corrected chi connectivity index (χ4v) is 0.732. The summed E-state index contributed by atoms with van der Waals surface area (Å²) in [6, 6.07) is 0. The number of hydrogen-bond acceptors (Lipinski definition) is 4. The van der Waals surface area contributed by atoms with Crippen LogP contribution in [0.15, 0.2) is 4.99 Å². The third-order valence-electron chi connectivity index (χ3n) is 1.64. The lowest BCUT2D eigenvalue weighted by atomic mass is 9.94. The quantitative estimate of drug-likeness (QED) is 0.383. The number of esters is 1. The number of carbonyl (C=O) groups excluding carboxylic acids is 2. The summed E-state index contributed by atoms with van der Waals surface area (Å²) in [4.78, 5) is 24.7. The monoisotopic (exact) mass is 199 g/mol. The van der Waals surface area contributed by atoms with Crippen LogP contribution in [0.25, 0.3) is 0 Å². The first-order chi connectivity index (χ1) is 6.40. The van der Waals surface area contributed by atoms with E-state index >= 15 is 0 Å². The van der Waals surface area contributed by atoms with Crippen LogP contribution in [0, 0.1) is 11.3 Å². The highest BCUT2D eigenvalue weighted by Gasteiger charge is 2.29. The SMILES string of the molecule is CC(C)COC(=O)C(C)(C)CN=C=O. The van der Waals surface area contributed by atoms with E-state index in [4.69, 9.17) is 4.74 Å². The maximum Gasteiger partial charge on any atom is 0.313 e. The molecule has 0 aliphatic heterocycles. The molecule has 0 amide bonds. The number of aliphatic imine (C=N–C) groups is 1. The second-order valence-corrected chi connectivity index (χ2v) is 4.28. The average Bonchev–Trinajstić information content (AvgIpc) is 2.10. The Kier molecular flexibility index (Phi) is 5.10. The van der Waals surface area contributed by atoms with E-state index in [9.17, 15) is 9.59 Å². The zero-order valence-corrected chi connectivity index (χ0v) is 9.16. The van der Waals surface area contributed by atoms with Gasteiger partial charge in [0.2, 0.25) is 6.08 Å². The Balaban J connectivity index is 4.13. The highest BCUT2D eigenvalue weighted by Crippen LogP contribution is 2.17.